The highest BCUT2D eigenvalue weighted by atomic mass is 32.1. The largest absolute Gasteiger partial charge is 0.495 e. The summed E-state index contributed by atoms with van der Waals surface area (Å²) < 4.78 is 19.9. The third-order valence-corrected chi connectivity index (χ3v) is 5.85. The smallest absolute Gasteiger partial charge is 0.279 e. The fraction of sp³-hybridized carbons (Fsp3) is 0.200. The number of thiazole rings is 1. The Hall–Kier alpha value is -3.42. The van der Waals surface area contributed by atoms with Crippen LogP contribution in [0.2, 0.25) is 0 Å². The van der Waals surface area contributed by atoms with Gasteiger partial charge in [-0.15, -0.1) is 0 Å². The number of nitrogens with zero attached hydrogens (tertiary/aromatic N) is 2. The minimum Gasteiger partial charge on any atom is -0.495 e. The van der Waals surface area contributed by atoms with E-state index in [-0.39, 0.29) is 5.91 Å². The van der Waals surface area contributed by atoms with E-state index in [2.05, 4.69) is 4.99 Å². The van der Waals surface area contributed by atoms with Crippen LogP contribution in [0.1, 0.15) is 17.3 Å². The van der Waals surface area contributed by atoms with Gasteiger partial charge in [0.25, 0.3) is 5.91 Å². The maximum Gasteiger partial charge on any atom is 0.279 e. The second kappa shape index (κ2) is 10.3. The SMILES string of the molecule is CCOCCn1c(=NC(=O)c2cccc(Oc3ccccc3)c2)sc2cccc(OC)c21. The van der Waals surface area contributed by atoms with Crippen LogP contribution < -0.4 is 14.3 Å². The predicted molar refractivity (Wildman–Crippen MR) is 126 cm³/mol. The molecule has 164 valence electrons. The van der Waals surface area contributed by atoms with E-state index in [1.54, 1.807) is 25.3 Å². The quantitative estimate of drug-likeness (QED) is 0.344. The lowest BCUT2D eigenvalue weighted by atomic mass is 10.2. The Balaban J connectivity index is 1.70. The maximum absolute atomic E-state index is 13.0. The molecule has 4 aromatic rings. The molecule has 0 unspecified atom stereocenters. The predicted octanol–water partition coefficient (Wildman–Crippen LogP) is 5.28. The second-order valence-corrected chi connectivity index (χ2v) is 7.91. The van der Waals surface area contributed by atoms with Gasteiger partial charge >= 0.3 is 0 Å². The topological polar surface area (TPSA) is 62.1 Å². The molecule has 0 aliphatic heterocycles. The van der Waals surface area contributed by atoms with Crippen molar-refractivity contribution in [1.82, 2.24) is 4.57 Å². The molecule has 0 N–H and O–H groups in total. The van der Waals surface area contributed by atoms with Gasteiger partial charge in [0.1, 0.15) is 22.8 Å². The molecular weight excluding hydrogens is 424 g/mol. The van der Waals surface area contributed by atoms with Crippen molar-refractivity contribution < 1.29 is 19.0 Å². The van der Waals surface area contributed by atoms with Gasteiger partial charge in [0.15, 0.2) is 4.80 Å². The van der Waals surface area contributed by atoms with Crippen molar-refractivity contribution in [2.75, 3.05) is 20.3 Å². The van der Waals surface area contributed by atoms with E-state index in [0.29, 0.717) is 41.6 Å². The summed E-state index contributed by atoms with van der Waals surface area (Å²) in [6.45, 7) is 3.66. The molecule has 7 heteroatoms. The van der Waals surface area contributed by atoms with Crippen molar-refractivity contribution in [3.8, 4) is 17.2 Å². The Kier molecular flexibility index (Phi) is 6.99. The molecule has 0 aliphatic rings. The van der Waals surface area contributed by atoms with Crippen LogP contribution in [0.15, 0.2) is 77.8 Å². The summed E-state index contributed by atoms with van der Waals surface area (Å²) in [5.74, 6) is 1.69. The van der Waals surface area contributed by atoms with Crippen LogP contribution in [0, 0.1) is 0 Å². The number of methoxy groups -OCH3 is 1. The summed E-state index contributed by atoms with van der Waals surface area (Å²) in [6.07, 6.45) is 0. The van der Waals surface area contributed by atoms with Crippen LogP contribution >= 0.6 is 11.3 Å². The van der Waals surface area contributed by atoms with Gasteiger partial charge in [0.2, 0.25) is 0 Å². The third-order valence-electron chi connectivity index (χ3n) is 4.80. The summed E-state index contributed by atoms with van der Waals surface area (Å²) in [5.41, 5.74) is 1.37. The van der Waals surface area contributed by atoms with Crippen LogP contribution in [0.3, 0.4) is 0 Å². The first-order valence-electron chi connectivity index (χ1n) is 10.4. The number of ether oxygens (including phenoxy) is 3. The van der Waals surface area contributed by atoms with Gasteiger partial charge in [-0.05, 0) is 49.4 Å². The first kappa shape index (κ1) is 21.8. The zero-order valence-electron chi connectivity index (χ0n) is 18.0. The highest BCUT2D eigenvalue weighted by Crippen LogP contribution is 2.27. The minimum absolute atomic E-state index is 0.334. The van der Waals surface area contributed by atoms with E-state index in [1.807, 2.05) is 66.1 Å². The fourth-order valence-electron chi connectivity index (χ4n) is 3.32. The molecule has 0 fully saturated rings. The molecule has 0 bridgehead atoms. The molecule has 0 atom stereocenters. The fourth-order valence-corrected chi connectivity index (χ4v) is 4.40. The van der Waals surface area contributed by atoms with E-state index >= 15 is 0 Å². The van der Waals surface area contributed by atoms with Gasteiger partial charge in [-0.3, -0.25) is 4.79 Å². The average Bonchev–Trinajstić information content (AvgIpc) is 3.17. The van der Waals surface area contributed by atoms with Gasteiger partial charge in [-0.1, -0.05) is 41.7 Å². The van der Waals surface area contributed by atoms with E-state index in [4.69, 9.17) is 14.2 Å². The number of fused-ring (bicyclic) bond motifs is 1. The van der Waals surface area contributed by atoms with Crippen molar-refractivity contribution >= 4 is 27.5 Å². The van der Waals surface area contributed by atoms with E-state index < -0.39 is 0 Å². The zero-order chi connectivity index (χ0) is 22.3. The van der Waals surface area contributed by atoms with Crippen molar-refractivity contribution in [2.45, 2.75) is 13.5 Å². The van der Waals surface area contributed by atoms with Crippen LogP contribution in [-0.4, -0.2) is 30.8 Å². The third kappa shape index (κ3) is 4.90. The molecule has 4 rings (SSSR count). The number of hydrogen-bond acceptors (Lipinski definition) is 5. The number of hydrogen-bond donors (Lipinski definition) is 0. The molecule has 1 aromatic heterocycles. The van der Waals surface area contributed by atoms with E-state index in [1.165, 1.54) is 11.3 Å². The standard InChI is InChI=1S/C25H24N2O4S/c1-3-30-16-15-27-23-21(29-2)13-8-14-22(23)32-25(27)26-24(28)18-9-7-12-20(17-18)31-19-10-5-4-6-11-19/h4-14,17H,3,15-16H2,1-2H3. The first-order chi connectivity index (χ1) is 15.7. The highest BCUT2D eigenvalue weighted by molar-refractivity contribution is 7.16. The lowest BCUT2D eigenvalue weighted by Gasteiger charge is -2.08. The van der Waals surface area contributed by atoms with Gasteiger partial charge in [-0.2, -0.15) is 4.99 Å². The van der Waals surface area contributed by atoms with E-state index in [9.17, 15) is 4.79 Å². The zero-order valence-corrected chi connectivity index (χ0v) is 18.8. The Morgan fingerprint density at radius 1 is 1.00 bits per heavy atom. The molecule has 0 spiro atoms. The van der Waals surface area contributed by atoms with Crippen molar-refractivity contribution in [1.29, 1.82) is 0 Å². The van der Waals surface area contributed by atoms with Gasteiger partial charge < -0.3 is 18.8 Å². The molecule has 32 heavy (non-hydrogen) atoms. The molecule has 1 amide bonds. The number of benzene rings is 3. The molecule has 3 aromatic carbocycles. The molecule has 0 saturated carbocycles. The van der Waals surface area contributed by atoms with Gasteiger partial charge in [-0.25, -0.2) is 0 Å². The summed E-state index contributed by atoms with van der Waals surface area (Å²) in [7, 11) is 1.64. The van der Waals surface area contributed by atoms with Gasteiger partial charge in [0, 0.05) is 18.7 Å². The summed E-state index contributed by atoms with van der Waals surface area (Å²) in [5, 5.41) is 0. The van der Waals surface area contributed by atoms with Crippen LogP contribution in [0.25, 0.3) is 10.2 Å². The van der Waals surface area contributed by atoms with Gasteiger partial charge in [0.05, 0.1) is 18.4 Å². The lowest BCUT2D eigenvalue weighted by molar-refractivity contribution is 0.0996. The summed E-state index contributed by atoms with van der Waals surface area (Å²) in [4.78, 5) is 18.1. The average molecular weight is 449 g/mol. The molecule has 0 saturated heterocycles. The maximum atomic E-state index is 13.0. The number of carbonyl (C=O) groups excluding carboxylic acids is 1. The molecular formula is C25H24N2O4S. The number of amides is 1. The Labute approximate surface area is 190 Å². The lowest BCUT2D eigenvalue weighted by Crippen LogP contribution is -2.20. The Morgan fingerprint density at radius 2 is 1.78 bits per heavy atom. The Morgan fingerprint density at radius 3 is 2.56 bits per heavy atom. The van der Waals surface area contributed by atoms with E-state index in [0.717, 1.165) is 16.0 Å². The van der Waals surface area contributed by atoms with Crippen molar-refractivity contribution in [3.05, 3.63) is 83.2 Å². The molecule has 0 aliphatic carbocycles. The summed E-state index contributed by atoms with van der Waals surface area (Å²) >= 11 is 1.45. The minimum atomic E-state index is -0.334. The normalized spacial score (nSPS) is 11.6. The van der Waals surface area contributed by atoms with Crippen LogP contribution in [0.5, 0.6) is 17.2 Å². The van der Waals surface area contributed by atoms with Crippen LogP contribution in [-0.2, 0) is 11.3 Å². The monoisotopic (exact) mass is 448 g/mol. The Bertz CT molecular complexity index is 1280. The molecule has 0 radical (unpaired) electrons. The molecule has 1 heterocycles. The van der Waals surface area contributed by atoms with Crippen LogP contribution in [0.4, 0.5) is 0 Å². The van der Waals surface area contributed by atoms with Crippen molar-refractivity contribution in [3.63, 3.8) is 0 Å². The number of carbonyl (C=O) groups is 1. The molecule has 6 nitrogen and oxygen atoms in total. The first-order valence-corrected chi connectivity index (χ1v) is 11.2. The van der Waals surface area contributed by atoms with Crippen molar-refractivity contribution in [2.24, 2.45) is 4.99 Å². The number of rotatable bonds is 8. The second-order valence-electron chi connectivity index (χ2n) is 6.90. The highest BCUT2D eigenvalue weighted by Gasteiger charge is 2.13. The number of para-hydroxylation sites is 2. The number of aromatic nitrogens is 1. The summed E-state index contributed by atoms with van der Waals surface area (Å²) in [6, 6.07) is 22.3.